The van der Waals surface area contributed by atoms with E-state index >= 15 is 0 Å². The number of nitro groups is 1. The third-order valence-corrected chi connectivity index (χ3v) is 3.89. The minimum absolute atomic E-state index is 0.165. The topological polar surface area (TPSA) is 71.3 Å². The molecule has 1 N–H and O–H groups in total. The summed E-state index contributed by atoms with van der Waals surface area (Å²) in [4.78, 5) is 16.9. The van der Waals surface area contributed by atoms with Crippen molar-refractivity contribution in [1.29, 1.82) is 0 Å². The normalized spacial score (nSPS) is 14.0. The summed E-state index contributed by atoms with van der Waals surface area (Å²) in [5.74, 6) is 0.102. The third kappa shape index (κ3) is 3.39. The highest BCUT2D eigenvalue weighted by Gasteiger charge is 2.19. The van der Waals surface area contributed by atoms with Crippen LogP contribution in [-0.2, 0) is 6.54 Å². The van der Waals surface area contributed by atoms with Crippen LogP contribution in [0, 0.1) is 15.9 Å². The average Bonchev–Trinajstić information content (AvgIpc) is 3.07. The van der Waals surface area contributed by atoms with E-state index in [9.17, 15) is 14.5 Å². The van der Waals surface area contributed by atoms with Gasteiger partial charge in [-0.3, -0.25) is 10.1 Å². The van der Waals surface area contributed by atoms with E-state index in [-0.39, 0.29) is 5.69 Å². The van der Waals surface area contributed by atoms with E-state index in [0.29, 0.717) is 6.54 Å². The SMILES string of the molecule is O=[N+]([O-])c1c(F)cccc1NCc1ccc(N2CCCC2)nc1. The van der Waals surface area contributed by atoms with Crippen LogP contribution in [0.25, 0.3) is 0 Å². The molecule has 7 heteroatoms. The zero-order chi connectivity index (χ0) is 16.2. The molecule has 0 unspecified atom stereocenters. The van der Waals surface area contributed by atoms with Gasteiger partial charge in [-0.25, -0.2) is 4.98 Å². The fourth-order valence-corrected chi connectivity index (χ4v) is 2.70. The number of para-hydroxylation sites is 1. The van der Waals surface area contributed by atoms with Crippen molar-refractivity contribution in [2.75, 3.05) is 23.3 Å². The highest BCUT2D eigenvalue weighted by atomic mass is 19.1. The molecular weight excluding hydrogens is 299 g/mol. The van der Waals surface area contributed by atoms with Gasteiger partial charge < -0.3 is 10.2 Å². The summed E-state index contributed by atoms with van der Waals surface area (Å²) in [6.07, 6.45) is 4.12. The van der Waals surface area contributed by atoms with Gasteiger partial charge in [0.25, 0.3) is 0 Å². The van der Waals surface area contributed by atoms with Crippen LogP contribution in [0.1, 0.15) is 18.4 Å². The number of nitrogens with one attached hydrogen (secondary N) is 1. The van der Waals surface area contributed by atoms with E-state index in [1.807, 2.05) is 12.1 Å². The van der Waals surface area contributed by atoms with Crippen LogP contribution < -0.4 is 10.2 Å². The highest BCUT2D eigenvalue weighted by molar-refractivity contribution is 5.62. The fraction of sp³-hybridized carbons (Fsp3) is 0.312. The number of rotatable bonds is 5. The second kappa shape index (κ2) is 6.60. The van der Waals surface area contributed by atoms with Gasteiger partial charge in [0.1, 0.15) is 11.5 Å². The first-order chi connectivity index (χ1) is 11.1. The second-order valence-electron chi connectivity index (χ2n) is 5.47. The first kappa shape index (κ1) is 15.2. The van der Waals surface area contributed by atoms with Crippen LogP contribution in [0.3, 0.4) is 0 Å². The summed E-state index contributed by atoms with van der Waals surface area (Å²) in [5.41, 5.74) is 0.513. The van der Waals surface area contributed by atoms with Crippen molar-refractivity contribution in [2.24, 2.45) is 0 Å². The Hall–Kier alpha value is -2.70. The van der Waals surface area contributed by atoms with E-state index in [0.717, 1.165) is 30.5 Å². The maximum absolute atomic E-state index is 13.6. The van der Waals surface area contributed by atoms with E-state index in [4.69, 9.17) is 0 Å². The summed E-state index contributed by atoms with van der Waals surface area (Å²) < 4.78 is 13.6. The van der Waals surface area contributed by atoms with E-state index in [1.54, 1.807) is 6.20 Å². The number of benzene rings is 1. The van der Waals surface area contributed by atoms with Gasteiger partial charge in [-0.1, -0.05) is 12.1 Å². The third-order valence-electron chi connectivity index (χ3n) is 3.89. The standard InChI is InChI=1S/C16H17FN4O2/c17-13-4-3-5-14(16(13)21(22)23)18-10-12-6-7-15(19-11-12)20-8-1-2-9-20/h3-7,11,18H,1-2,8-10H2. The predicted molar refractivity (Wildman–Crippen MR) is 86.1 cm³/mol. The van der Waals surface area contributed by atoms with Crippen molar-refractivity contribution in [3.8, 4) is 0 Å². The summed E-state index contributed by atoms with van der Waals surface area (Å²) in [6.45, 7) is 2.40. The molecule has 1 aliphatic rings. The van der Waals surface area contributed by atoms with E-state index < -0.39 is 16.4 Å². The molecule has 0 atom stereocenters. The van der Waals surface area contributed by atoms with Crippen molar-refractivity contribution in [2.45, 2.75) is 19.4 Å². The Bertz CT molecular complexity index is 700. The molecule has 0 amide bonds. The summed E-state index contributed by atoms with van der Waals surface area (Å²) in [5, 5.41) is 13.9. The zero-order valence-electron chi connectivity index (χ0n) is 12.5. The number of nitrogens with zero attached hydrogens (tertiary/aromatic N) is 3. The maximum atomic E-state index is 13.6. The Labute approximate surface area is 133 Å². The first-order valence-corrected chi connectivity index (χ1v) is 7.52. The lowest BCUT2D eigenvalue weighted by molar-refractivity contribution is -0.386. The molecule has 1 aromatic heterocycles. The lowest BCUT2D eigenvalue weighted by Gasteiger charge is -2.16. The van der Waals surface area contributed by atoms with Crippen molar-refractivity contribution < 1.29 is 9.31 Å². The van der Waals surface area contributed by atoms with Gasteiger partial charge >= 0.3 is 5.69 Å². The predicted octanol–water partition coefficient (Wildman–Crippen LogP) is 3.34. The molecule has 1 saturated heterocycles. The molecule has 0 spiro atoms. The van der Waals surface area contributed by atoms with Gasteiger partial charge in [-0.05, 0) is 36.6 Å². The Morgan fingerprint density at radius 3 is 2.70 bits per heavy atom. The molecular formula is C16H17FN4O2. The summed E-state index contributed by atoms with van der Waals surface area (Å²) in [7, 11) is 0. The quantitative estimate of drug-likeness (QED) is 0.676. The molecule has 0 bridgehead atoms. The Morgan fingerprint density at radius 1 is 1.26 bits per heavy atom. The number of anilines is 2. The van der Waals surface area contributed by atoms with Crippen molar-refractivity contribution >= 4 is 17.2 Å². The van der Waals surface area contributed by atoms with Crippen molar-refractivity contribution in [3.05, 3.63) is 58.0 Å². The van der Waals surface area contributed by atoms with Gasteiger partial charge in [0.05, 0.1) is 4.92 Å². The zero-order valence-corrected chi connectivity index (χ0v) is 12.5. The Kier molecular flexibility index (Phi) is 4.36. The lowest BCUT2D eigenvalue weighted by Crippen LogP contribution is -2.18. The highest BCUT2D eigenvalue weighted by Crippen LogP contribution is 2.27. The van der Waals surface area contributed by atoms with Gasteiger partial charge in [0.2, 0.25) is 5.82 Å². The molecule has 0 radical (unpaired) electrons. The molecule has 1 aliphatic heterocycles. The van der Waals surface area contributed by atoms with Crippen molar-refractivity contribution in [3.63, 3.8) is 0 Å². The Balaban J connectivity index is 1.69. The second-order valence-corrected chi connectivity index (χ2v) is 5.47. The minimum atomic E-state index is -0.845. The largest absolute Gasteiger partial charge is 0.375 e. The monoisotopic (exact) mass is 316 g/mol. The number of hydrogen-bond acceptors (Lipinski definition) is 5. The molecule has 1 fully saturated rings. The van der Waals surface area contributed by atoms with Crippen molar-refractivity contribution in [1.82, 2.24) is 4.98 Å². The number of halogens is 1. The number of hydrogen-bond donors (Lipinski definition) is 1. The molecule has 0 aliphatic carbocycles. The number of aromatic nitrogens is 1. The molecule has 2 heterocycles. The molecule has 3 rings (SSSR count). The van der Waals surface area contributed by atoms with Gasteiger partial charge in [0, 0.05) is 25.8 Å². The maximum Gasteiger partial charge on any atom is 0.327 e. The summed E-state index contributed by atoms with van der Waals surface area (Å²) in [6, 6.07) is 7.89. The average molecular weight is 316 g/mol. The molecule has 2 aromatic rings. The molecule has 120 valence electrons. The molecule has 1 aromatic carbocycles. The van der Waals surface area contributed by atoms with Crippen LogP contribution in [-0.4, -0.2) is 23.0 Å². The van der Waals surface area contributed by atoms with Gasteiger partial charge in [-0.2, -0.15) is 4.39 Å². The molecule has 23 heavy (non-hydrogen) atoms. The van der Waals surface area contributed by atoms with E-state index in [1.165, 1.54) is 25.0 Å². The number of nitro benzene ring substituents is 1. The molecule has 6 nitrogen and oxygen atoms in total. The minimum Gasteiger partial charge on any atom is -0.375 e. The molecule has 0 saturated carbocycles. The van der Waals surface area contributed by atoms with Gasteiger partial charge in [-0.15, -0.1) is 0 Å². The van der Waals surface area contributed by atoms with Crippen LogP contribution in [0.4, 0.5) is 21.6 Å². The number of pyridine rings is 1. The van der Waals surface area contributed by atoms with Crippen LogP contribution >= 0.6 is 0 Å². The summed E-state index contributed by atoms with van der Waals surface area (Å²) >= 11 is 0. The van der Waals surface area contributed by atoms with Crippen LogP contribution in [0.5, 0.6) is 0 Å². The lowest BCUT2D eigenvalue weighted by atomic mass is 10.2. The first-order valence-electron chi connectivity index (χ1n) is 7.52. The van der Waals surface area contributed by atoms with Crippen LogP contribution in [0.15, 0.2) is 36.5 Å². The van der Waals surface area contributed by atoms with Crippen LogP contribution in [0.2, 0.25) is 0 Å². The van der Waals surface area contributed by atoms with Gasteiger partial charge in [0.15, 0.2) is 0 Å². The smallest absolute Gasteiger partial charge is 0.327 e. The Morgan fingerprint density at radius 2 is 2.04 bits per heavy atom. The van der Waals surface area contributed by atoms with E-state index in [2.05, 4.69) is 15.2 Å². The fourth-order valence-electron chi connectivity index (χ4n) is 2.70.